The second-order valence-corrected chi connectivity index (χ2v) is 8.48. The van der Waals surface area contributed by atoms with Gasteiger partial charge in [0.25, 0.3) is 0 Å². The molecule has 2 aromatic carbocycles. The van der Waals surface area contributed by atoms with E-state index in [0.29, 0.717) is 5.75 Å². The molecule has 3 N–H and O–H groups in total. The number of anilines is 3. The Morgan fingerprint density at radius 2 is 1.77 bits per heavy atom. The highest BCUT2D eigenvalue weighted by atomic mass is 32.2. The van der Waals surface area contributed by atoms with Crippen LogP contribution in [0.5, 0.6) is 5.75 Å². The van der Waals surface area contributed by atoms with Crippen LogP contribution in [-0.4, -0.2) is 23.5 Å². The molecular weight excluding hydrogens is 350 g/mol. The lowest BCUT2D eigenvalue weighted by Crippen LogP contribution is -2.26. The van der Waals surface area contributed by atoms with Crippen LogP contribution in [0.2, 0.25) is 0 Å². The first-order valence-corrected chi connectivity index (χ1v) is 9.91. The van der Waals surface area contributed by atoms with E-state index >= 15 is 0 Å². The van der Waals surface area contributed by atoms with Crippen LogP contribution in [-0.2, 0) is 21.0 Å². The molecule has 6 nitrogen and oxygen atoms in total. The summed E-state index contributed by atoms with van der Waals surface area (Å²) in [7, 11) is 0.543. The van der Waals surface area contributed by atoms with Crippen molar-refractivity contribution in [2.24, 2.45) is 0 Å². The molecule has 2 atom stereocenters. The van der Waals surface area contributed by atoms with Crippen LogP contribution in [0.1, 0.15) is 31.1 Å². The number of carbonyl (C=O) groups excluding carboxylic acids is 1. The van der Waals surface area contributed by atoms with E-state index in [1.165, 1.54) is 0 Å². The summed E-state index contributed by atoms with van der Waals surface area (Å²) in [5, 5.41) is 9.83. The smallest absolute Gasteiger partial charge is 0.234 e. The number of rotatable bonds is 3. The van der Waals surface area contributed by atoms with Crippen molar-refractivity contribution in [3.05, 3.63) is 41.5 Å². The van der Waals surface area contributed by atoms with Gasteiger partial charge < -0.3 is 20.7 Å². The molecule has 0 spiro atoms. The van der Waals surface area contributed by atoms with Gasteiger partial charge in [-0.15, -0.1) is 0 Å². The lowest BCUT2D eigenvalue weighted by atomic mass is 9.86. The molecule has 2 heterocycles. The Balaban J connectivity index is 1.69. The lowest BCUT2D eigenvalue weighted by Gasteiger charge is -2.17. The standard InChI is InChI=1S/C19H21N3O3S/c1-19(2)12-8-14-15(9-13(12)22-18(19)23)21-17(20-14)11-6-5-10(26(4)24)7-16(11)25-3/h5-9,17,20-21H,1-4H3,(H,22,23). The summed E-state index contributed by atoms with van der Waals surface area (Å²) in [6.07, 6.45) is 1.48. The van der Waals surface area contributed by atoms with Gasteiger partial charge in [0.2, 0.25) is 5.91 Å². The van der Waals surface area contributed by atoms with Gasteiger partial charge in [-0.25, -0.2) is 0 Å². The largest absolute Gasteiger partial charge is 0.496 e. The normalized spacial score (nSPS) is 20.5. The Morgan fingerprint density at radius 3 is 2.42 bits per heavy atom. The molecule has 4 rings (SSSR count). The molecule has 0 fully saturated rings. The molecule has 0 bridgehead atoms. The Morgan fingerprint density at radius 1 is 1.08 bits per heavy atom. The van der Waals surface area contributed by atoms with E-state index in [4.69, 9.17) is 4.74 Å². The van der Waals surface area contributed by atoms with Crippen LogP contribution in [0.3, 0.4) is 0 Å². The number of hydrogen-bond acceptors (Lipinski definition) is 5. The van der Waals surface area contributed by atoms with Crippen molar-refractivity contribution < 1.29 is 13.7 Å². The second-order valence-electron chi connectivity index (χ2n) is 7.10. The highest BCUT2D eigenvalue weighted by Crippen LogP contribution is 2.46. The minimum atomic E-state index is -1.06. The fraction of sp³-hybridized carbons (Fsp3) is 0.316. The minimum absolute atomic E-state index is 0.0116. The van der Waals surface area contributed by atoms with E-state index in [1.54, 1.807) is 19.4 Å². The molecule has 136 valence electrons. The number of nitrogens with one attached hydrogen (secondary N) is 3. The first-order chi connectivity index (χ1) is 12.3. The number of amides is 1. The summed E-state index contributed by atoms with van der Waals surface area (Å²) in [5.41, 5.74) is 4.09. The highest BCUT2D eigenvalue weighted by Gasteiger charge is 2.40. The molecule has 2 aromatic rings. The zero-order valence-corrected chi connectivity index (χ0v) is 15.9. The third-order valence-electron chi connectivity index (χ3n) is 5.09. The van der Waals surface area contributed by atoms with Gasteiger partial charge in [0.05, 0.1) is 23.9 Å². The van der Waals surface area contributed by atoms with E-state index in [2.05, 4.69) is 16.0 Å². The number of fused-ring (bicyclic) bond motifs is 2. The molecule has 0 saturated carbocycles. The summed E-state index contributed by atoms with van der Waals surface area (Å²) < 4.78 is 17.2. The van der Waals surface area contributed by atoms with Crippen LogP contribution < -0.4 is 20.7 Å². The van der Waals surface area contributed by atoms with Crippen molar-refractivity contribution in [2.45, 2.75) is 30.3 Å². The fourth-order valence-electron chi connectivity index (χ4n) is 3.47. The van der Waals surface area contributed by atoms with E-state index in [0.717, 1.165) is 33.1 Å². The molecule has 0 saturated heterocycles. The molecular formula is C19H21N3O3S. The van der Waals surface area contributed by atoms with Crippen LogP contribution in [0, 0.1) is 0 Å². The molecule has 1 amide bonds. The predicted molar refractivity (Wildman–Crippen MR) is 103 cm³/mol. The summed E-state index contributed by atoms with van der Waals surface area (Å²) >= 11 is 0. The summed E-state index contributed by atoms with van der Waals surface area (Å²) in [6, 6.07) is 9.57. The average molecular weight is 371 g/mol. The van der Waals surface area contributed by atoms with Crippen LogP contribution >= 0.6 is 0 Å². The van der Waals surface area contributed by atoms with Crippen LogP contribution in [0.4, 0.5) is 17.1 Å². The summed E-state index contributed by atoms with van der Waals surface area (Å²) in [4.78, 5) is 12.9. The van der Waals surface area contributed by atoms with Crippen molar-refractivity contribution in [2.75, 3.05) is 29.3 Å². The molecule has 7 heteroatoms. The molecule has 0 radical (unpaired) electrons. The van der Waals surface area contributed by atoms with Gasteiger partial charge in [0.1, 0.15) is 11.9 Å². The monoisotopic (exact) mass is 371 g/mol. The van der Waals surface area contributed by atoms with Crippen LogP contribution in [0.25, 0.3) is 0 Å². The van der Waals surface area contributed by atoms with Gasteiger partial charge in [-0.2, -0.15) is 0 Å². The van der Waals surface area contributed by atoms with Crippen molar-refractivity contribution in [3.8, 4) is 5.75 Å². The third kappa shape index (κ3) is 2.46. The maximum absolute atomic E-state index is 12.1. The van der Waals surface area contributed by atoms with E-state index in [1.807, 2.05) is 38.1 Å². The van der Waals surface area contributed by atoms with Gasteiger partial charge in [-0.1, -0.05) is 6.07 Å². The van der Waals surface area contributed by atoms with Gasteiger partial charge in [0.15, 0.2) is 0 Å². The molecule has 0 aliphatic carbocycles. The fourth-order valence-corrected chi connectivity index (χ4v) is 4.00. The number of ether oxygens (including phenoxy) is 1. The quantitative estimate of drug-likeness (QED) is 0.772. The Kier molecular flexibility index (Phi) is 3.73. The second kappa shape index (κ2) is 5.74. The van der Waals surface area contributed by atoms with Crippen LogP contribution in [0.15, 0.2) is 35.2 Å². The lowest BCUT2D eigenvalue weighted by molar-refractivity contribution is -0.119. The average Bonchev–Trinajstić information content (AvgIpc) is 3.11. The molecule has 0 aromatic heterocycles. The Labute approximate surface area is 154 Å². The Hall–Kier alpha value is -2.54. The molecule has 2 aliphatic heterocycles. The SMILES string of the molecule is COc1cc(S(C)=O)ccc1C1Nc2cc3c(cc2N1)C(C)(C)C(=O)N3. The summed E-state index contributed by atoms with van der Waals surface area (Å²) in [6.45, 7) is 3.85. The number of carbonyl (C=O) groups is 1. The van der Waals surface area contributed by atoms with Crippen molar-refractivity contribution in [3.63, 3.8) is 0 Å². The number of hydrogen-bond donors (Lipinski definition) is 3. The van der Waals surface area contributed by atoms with E-state index in [-0.39, 0.29) is 12.1 Å². The Bertz CT molecular complexity index is 955. The van der Waals surface area contributed by atoms with Gasteiger partial charge in [0, 0.05) is 33.2 Å². The summed E-state index contributed by atoms with van der Waals surface area (Å²) in [5.74, 6) is 0.689. The molecule has 26 heavy (non-hydrogen) atoms. The zero-order valence-electron chi connectivity index (χ0n) is 15.1. The number of methoxy groups -OCH3 is 1. The molecule has 2 unspecified atom stereocenters. The first kappa shape index (κ1) is 16.9. The van der Waals surface area contributed by atoms with Gasteiger partial charge in [-0.3, -0.25) is 9.00 Å². The van der Waals surface area contributed by atoms with E-state index in [9.17, 15) is 9.00 Å². The third-order valence-corrected chi connectivity index (χ3v) is 6.01. The van der Waals surface area contributed by atoms with E-state index < -0.39 is 16.2 Å². The first-order valence-electron chi connectivity index (χ1n) is 8.35. The van der Waals surface area contributed by atoms with Gasteiger partial charge in [-0.05, 0) is 43.7 Å². The predicted octanol–water partition coefficient (Wildman–Crippen LogP) is 3.20. The molecule has 2 aliphatic rings. The van der Waals surface area contributed by atoms with Crippen molar-refractivity contribution >= 4 is 33.8 Å². The maximum atomic E-state index is 12.1. The zero-order chi connectivity index (χ0) is 18.6. The minimum Gasteiger partial charge on any atom is -0.496 e. The topological polar surface area (TPSA) is 79.5 Å². The van der Waals surface area contributed by atoms with Gasteiger partial charge >= 0.3 is 0 Å². The number of benzene rings is 2. The maximum Gasteiger partial charge on any atom is 0.234 e. The highest BCUT2D eigenvalue weighted by molar-refractivity contribution is 7.84. The van der Waals surface area contributed by atoms with Crippen molar-refractivity contribution in [1.29, 1.82) is 0 Å². The van der Waals surface area contributed by atoms with Crippen molar-refractivity contribution in [1.82, 2.24) is 0 Å².